The molecule has 0 bridgehead atoms. The Morgan fingerprint density at radius 1 is 1.53 bits per heavy atom. The van der Waals surface area contributed by atoms with Crippen molar-refractivity contribution in [3.05, 3.63) is 0 Å². The third kappa shape index (κ3) is 3.37. The highest BCUT2D eigenvalue weighted by atomic mass is 19.4. The maximum absolute atomic E-state index is 12.0. The van der Waals surface area contributed by atoms with Crippen LogP contribution in [-0.2, 0) is 9.53 Å². The lowest BCUT2D eigenvalue weighted by molar-refractivity contribution is -0.214. The molecule has 3 nitrogen and oxygen atoms in total. The van der Waals surface area contributed by atoms with Crippen LogP contribution in [0.2, 0.25) is 0 Å². The minimum atomic E-state index is -4.91. The Hall–Kier alpha value is -0.780. The summed E-state index contributed by atoms with van der Waals surface area (Å²) in [6, 6.07) is 0. The number of nitrogens with one attached hydrogen (secondary N) is 1. The molecule has 1 aliphatic heterocycles. The first kappa shape index (κ1) is 12.3. The third-order valence-corrected chi connectivity index (χ3v) is 2.34. The molecule has 0 amide bonds. The molecule has 0 saturated carbocycles. The largest absolute Gasteiger partial charge is 0.490 e. The summed E-state index contributed by atoms with van der Waals surface area (Å²) >= 11 is 0. The van der Waals surface area contributed by atoms with Crippen LogP contribution in [0.4, 0.5) is 13.2 Å². The normalized spacial score (nSPS) is 32.5. The molecule has 15 heavy (non-hydrogen) atoms. The standard InChI is InChI=1S/C9H14F3NO2/c1-6-3-8(2,5-13-4-6)15-7(14)9(10,11)12/h6,13H,3-5H2,1-2H3. The van der Waals surface area contributed by atoms with E-state index in [9.17, 15) is 18.0 Å². The number of halogens is 3. The summed E-state index contributed by atoms with van der Waals surface area (Å²) in [6.07, 6.45) is -4.47. The van der Waals surface area contributed by atoms with Gasteiger partial charge in [-0.25, -0.2) is 4.79 Å². The van der Waals surface area contributed by atoms with Gasteiger partial charge in [0.2, 0.25) is 0 Å². The van der Waals surface area contributed by atoms with Crippen molar-refractivity contribution in [2.24, 2.45) is 5.92 Å². The summed E-state index contributed by atoms with van der Waals surface area (Å²) in [5, 5.41) is 2.94. The van der Waals surface area contributed by atoms with Gasteiger partial charge in [-0.3, -0.25) is 0 Å². The number of rotatable bonds is 1. The van der Waals surface area contributed by atoms with Crippen molar-refractivity contribution in [2.45, 2.75) is 32.0 Å². The lowest BCUT2D eigenvalue weighted by Crippen LogP contribution is -2.51. The van der Waals surface area contributed by atoms with Crippen molar-refractivity contribution >= 4 is 5.97 Å². The number of piperidine rings is 1. The van der Waals surface area contributed by atoms with E-state index in [1.54, 1.807) is 0 Å². The van der Waals surface area contributed by atoms with Gasteiger partial charge >= 0.3 is 12.1 Å². The van der Waals surface area contributed by atoms with Crippen molar-refractivity contribution in [2.75, 3.05) is 13.1 Å². The first-order valence-electron chi connectivity index (χ1n) is 4.74. The lowest BCUT2D eigenvalue weighted by Gasteiger charge is -2.37. The van der Waals surface area contributed by atoms with E-state index in [1.165, 1.54) is 6.92 Å². The zero-order valence-corrected chi connectivity index (χ0v) is 8.65. The van der Waals surface area contributed by atoms with E-state index in [0.29, 0.717) is 6.42 Å². The molecule has 1 saturated heterocycles. The molecule has 0 aromatic rings. The molecule has 6 heteroatoms. The van der Waals surface area contributed by atoms with Crippen LogP contribution in [0.15, 0.2) is 0 Å². The van der Waals surface area contributed by atoms with Crippen LogP contribution < -0.4 is 5.32 Å². The van der Waals surface area contributed by atoms with Crippen LogP contribution in [0.1, 0.15) is 20.3 Å². The minimum Gasteiger partial charge on any atom is -0.451 e. The van der Waals surface area contributed by atoms with Gasteiger partial charge in [0.25, 0.3) is 0 Å². The van der Waals surface area contributed by atoms with Gasteiger partial charge in [0.15, 0.2) is 0 Å². The Morgan fingerprint density at radius 3 is 2.60 bits per heavy atom. The molecule has 1 fully saturated rings. The number of hydrogen-bond donors (Lipinski definition) is 1. The maximum atomic E-state index is 12.0. The first-order chi connectivity index (χ1) is 6.73. The van der Waals surface area contributed by atoms with Crippen LogP contribution >= 0.6 is 0 Å². The van der Waals surface area contributed by atoms with E-state index >= 15 is 0 Å². The van der Waals surface area contributed by atoms with Gasteiger partial charge in [0, 0.05) is 6.54 Å². The second kappa shape index (κ2) is 4.00. The van der Waals surface area contributed by atoms with E-state index < -0.39 is 17.7 Å². The zero-order chi connectivity index (χ0) is 11.7. The van der Waals surface area contributed by atoms with E-state index in [1.807, 2.05) is 6.92 Å². The summed E-state index contributed by atoms with van der Waals surface area (Å²) < 4.78 is 40.4. The highest BCUT2D eigenvalue weighted by Crippen LogP contribution is 2.27. The molecule has 1 rings (SSSR count). The number of carbonyl (C=O) groups excluding carboxylic acids is 1. The smallest absolute Gasteiger partial charge is 0.451 e. The molecular weight excluding hydrogens is 211 g/mol. The van der Waals surface area contributed by atoms with Gasteiger partial charge in [0.1, 0.15) is 5.60 Å². The van der Waals surface area contributed by atoms with E-state index in [4.69, 9.17) is 0 Å². The number of hydrogen-bond acceptors (Lipinski definition) is 3. The average molecular weight is 225 g/mol. The van der Waals surface area contributed by atoms with Crippen LogP contribution in [0.3, 0.4) is 0 Å². The minimum absolute atomic E-state index is 0.199. The van der Waals surface area contributed by atoms with E-state index in [0.717, 1.165) is 6.54 Å². The van der Waals surface area contributed by atoms with Gasteiger partial charge in [-0.2, -0.15) is 13.2 Å². The first-order valence-corrected chi connectivity index (χ1v) is 4.74. The third-order valence-electron chi connectivity index (χ3n) is 2.34. The van der Waals surface area contributed by atoms with Crippen molar-refractivity contribution in [3.8, 4) is 0 Å². The van der Waals surface area contributed by atoms with Gasteiger partial charge in [-0.05, 0) is 25.8 Å². The molecule has 1 heterocycles. The molecule has 2 atom stereocenters. The van der Waals surface area contributed by atoms with Crippen molar-refractivity contribution in [3.63, 3.8) is 0 Å². The van der Waals surface area contributed by atoms with Crippen molar-refractivity contribution < 1.29 is 22.7 Å². The summed E-state index contributed by atoms with van der Waals surface area (Å²) in [6.45, 7) is 4.41. The highest BCUT2D eigenvalue weighted by molar-refractivity contribution is 5.76. The number of ether oxygens (including phenoxy) is 1. The van der Waals surface area contributed by atoms with Crippen LogP contribution in [0.25, 0.3) is 0 Å². The maximum Gasteiger partial charge on any atom is 0.490 e. The van der Waals surface area contributed by atoms with Gasteiger partial charge in [-0.1, -0.05) is 6.92 Å². The van der Waals surface area contributed by atoms with Crippen molar-refractivity contribution in [1.29, 1.82) is 0 Å². The topological polar surface area (TPSA) is 38.3 Å². The molecule has 0 aliphatic carbocycles. The Balaban J connectivity index is 2.60. The van der Waals surface area contributed by atoms with Crippen molar-refractivity contribution in [1.82, 2.24) is 5.32 Å². The van der Waals surface area contributed by atoms with Gasteiger partial charge in [0.05, 0.1) is 0 Å². The van der Waals surface area contributed by atoms with Gasteiger partial charge < -0.3 is 10.1 Å². The molecule has 2 unspecified atom stereocenters. The van der Waals surface area contributed by atoms with Crippen LogP contribution in [-0.4, -0.2) is 30.8 Å². The monoisotopic (exact) mass is 225 g/mol. The fourth-order valence-corrected chi connectivity index (χ4v) is 1.82. The summed E-state index contributed by atoms with van der Waals surface area (Å²) in [5.41, 5.74) is -1.05. The highest BCUT2D eigenvalue weighted by Gasteiger charge is 2.45. The fraction of sp³-hybridized carbons (Fsp3) is 0.889. The zero-order valence-electron chi connectivity index (χ0n) is 8.65. The summed E-state index contributed by atoms with van der Waals surface area (Å²) in [7, 11) is 0. The Bertz CT molecular complexity index is 254. The van der Waals surface area contributed by atoms with Crippen LogP contribution in [0, 0.1) is 5.92 Å². The molecular formula is C9H14F3NO2. The number of alkyl halides is 3. The average Bonchev–Trinajstić information content (AvgIpc) is 2.00. The second-order valence-corrected chi connectivity index (χ2v) is 4.28. The lowest BCUT2D eigenvalue weighted by atomic mass is 9.89. The molecule has 0 aromatic carbocycles. The van der Waals surface area contributed by atoms with Crippen LogP contribution in [0.5, 0.6) is 0 Å². The molecule has 1 aliphatic rings. The van der Waals surface area contributed by atoms with E-state index in [-0.39, 0.29) is 12.5 Å². The number of esters is 1. The predicted octanol–water partition coefficient (Wildman–Crippen LogP) is 1.48. The van der Waals surface area contributed by atoms with E-state index in [2.05, 4.69) is 10.1 Å². The molecule has 1 N–H and O–H groups in total. The molecule has 88 valence electrons. The Morgan fingerprint density at radius 2 is 2.13 bits per heavy atom. The predicted molar refractivity (Wildman–Crippen MR) is 47.2 cm³/mol. The summed E-state index contributed by atoms with van der Waals surface area (Å²) in [4.78, 5) is 10.7. The fourth-order valence-electron chi connectivity index (χ4n) is 1.82. The molecule has 0 radical (unpaired) electrons. The Labute approximate surface area is 86.0 Å². The quantitative estimate of drug-likeness (QED) is 0.687. The second-order valence-electron chi connectivity index (χ2n) is 4.28. The molecule has 0 spiro atoms. The Kier molecular flexibility index (Phi) is 3.28. The molecule has 0 aromatic heterocycles. The number of carbonyl (C=O) groups is 1. The van der Waals surface area contributed by atoms with Gasteiger partial charge in [-0.15, -0.1) is 0 Å². The SMILES string of the molecule is CC1CNCC(C)(OC(=O)C(F)(F)F)C1. The summed E-state index contributed by atoms with van der Waals surface area (Å²) in [5.74, 6) is -1.91.